The molecule has 0 spiro atoms. The van der Waals surface area contributed by atoms with Gasteiger partial charge in [0, 0.05) is 43.0 Å². The average Bonchev–Trinajstić information content (AvgIpc) is 3.13. The van der Waals surface area contributed by atoms with Gasteiger partial charge in [-0.3, -0.25) is 14.0 Å². The molecule has 0 aromatic heterocycles. The predicted octanol–water partition coefficient (Wildman–Crippen LogP) is -0.674. The third-order valence-electron chi connectivity index (χ3n) is 8.70. The maximum atomic E-state index is 12.6. The molecule has 1 aliphatic rings. The maximum absolute atomic E-state index is 12.6. The quantitative estimate of drug-likeness (QED) is 0.0638. The summed E-state index contributed by atoms with van der Waals surface area (Å²) in [6.45, 7) is 5.97. The van der Waals surface area contributed by atoms with Crippen molar-refractivity contribution < 1.29 is 104 Å². The topological polar surface area (TPSA) is 189 Å². The summed E-state index contributed by atoms with van der Waals surface area (Å²) in [4.78, 5) is 3.74. The molecule has 1 radical (unpaired) electrons. The van der Waals surface area contributed by atoms with Crippen molar-refractivity contribution in [1.82, 2.24) is 4.90 Å². The van der Waals surface area contributed by atoms with Gasteiger partial charge in [0.1, 0.15) is 4.90 Å². The van der Waals surface area contributed by atoms with Crippen LogP contribution in [-0.4, -0.2) is 50.0 Å². The number of allylic oxidation sites excluding steroid dienone is 3. The van der Waals surface area contributed by atoms with Crippen molar-refractivity contribution in [2.45, 2.75) is 47.7 Å². The molecule has 0 amide bonds. The van der Waals surface area contributed by atoms with Gasteiger partial charge in [0.05, 0.1) is 13.7 Å². The van der Waals surface area contributed by atoms with Crippen LogP contribution >= 0.6 is 0 Å². The second kappa shape index (κ2) is 19.7. The summed E-state index contributed by atoms with van der Waals surface area (Å²) >= 11 is 0. The summed E-state index contributed by atoms with van der Waals surface area (Å²) < 4.78 is 97.0. The van der Waals surface area contributed by atoms with Gasteiger partial charge in [-0.05, 0) is 81.9 Å². The van der Waals surface area contributed by atoms with Gasteiger partial charge in [-0.1, -0.05) is 85.8 Å². The van der Waals surface area contributed by atoms with Crippen molar-refractivity contribution >= 4 is 42.0 Å². The average molecular weight is 813 g/mol. The number of hydrogen-bond donors (Lipinski definition) is 3. The second-order valence-corrected chi connectivity index (χ2v) is 16.4. The summed E-state index contributed by atoms with van der Waals surface area (Å²) in [6, 6.07) is 26.1. The fourth-order valence-corrected chi connectivity index (χ4v) is 8.02. The van der Waals surface area contributed by atoms with Gasteiger partial charge in [-0.2, -0.15) is 22.7 Å². The molecule has 273 valence electrons. The van der Waals surface area contributed by atoms with Crippen LogP contribution in [0.1, 0.15) is 36.1 Å². The Kier molecular flexibility index (Phi) is 16.8. The van der Waals surface area contributed by atoms with Crippen LogP contribution in [0.2, 0.25) is 0 Å². The molecule has 17 heteroatoms. The summed E-state index contributed by atoms with van der Waals surface area (Å²) in [7, 11) is -12.9. The van der Waals surface area contributed by atoms with Gasteiger partial charge in [0.15, 0.2) is 0 Å². The van der Waals surface area contributed by atoms with E-state index in [1.807, 2.05) is 73.4 Å². The molecule has 0 fully saturated rings. The van der Waals surface area contributed by atoms with Gasteiger partial charge >= 0.3 is 69.6 Å². The van der Waals surface area contributed by atoms with Crippen molar-refractivity contribution in [2.75, 3.05) is 18.0 Å². The number of nitrogens with zero attached hydrogens (tertiary/aromatic N) is 2. The van der Waals surface area contributed by atoms with E-state index < -0.39 is 30.7 Å². The van der Waals surface area contributed by atoms with Crippen LogP contribution in [0.25, 0.3) is 5.57 Å². The molecule has 4 aromatic rings. The smallest absolute Gasteiger partial charge is 0.367 e. The molecule has 5 rings (SSSR count). The molecule has 5 N–H and O–H groups in total. The fourth-order valence-electron chi connectivity index (χ4n) is 6.09. The summed E-state index contributed by atoms with van der Waals surface area (Å²) in [6.07, 6.45) is 7.75. The molecule has 0 saturated carbocycles. The molecule has 0 saturated heterocycles. The Morgan fingerprint density at radius 1 is 0.778 bits per heavy atom. The van der Waals surface area contributed by atoms with Crippen molar-refractivity contribution in [3.05, 3.63) is 149 Å². The number of benzene rings is 4. The Bertz CT molecular complexity index is 2280. The molecule has 0 heterocycles. The van der Waals surface area contributed by atoms with E-state index >= 15 is 0 Å². The van der Waals surface area contributed by atoms with Crippen LogP contribution in [0.3, 0.4) is 0 Å². The maximum Gasteiger partial charge on any atom is 1.00 e. The van der Waals surface area contributed by atoms with Crippen molar-refractivity contribution in [3.8, 4) is 0 Å². The predicted molar refractivity (Wildman–Crippen MR) is 197 cm³/mol. The van der Waals surface area contributed by atoms with E-state index in [0.29, 0.717) is 54.0 Å². The molecule has 0 aliphatic heterocycles. The number of likely N-dealkylation sites (N-methyl/N-ethyl adjacent to an activating group) is 1. The van der Waals surface area contributed by atoms with E-state index in [2.05, 4.69) is 15.1 Å². The molecular weight excluding hydrogens is 773 g/mol. The van der Waals surface area contributed by atoms with E-state index in [1.165, 1.54) is 24.3 Å². The third-order valence-corrected chi connectivity index (χ3v) is 11.6. The van der Waals surface area contributed by atoms with E-state index in [-0.39, 0.29) is 79.8 Å². The normalized spacial score (nSPS) is 15.2. The zero-order valence-corrected chi connectivity index (χ0v) is 37.0. The minimum Gasteiger partial charge on any atom is -0.367 e. The molecular formula is C37H40N3Na2O9S3+4. The van der Waals surface area contributed by atoms with E-state index in [9.17, 15) is 34.7 Å². The minimum atomic E-state index is -4.59. The van der Waals surface area contributed by atoms with Gasteiger partial charge in [-0.15, -0.1) is 0 Å². The first-order valence-corrected chi connectivity index (χ1v) is 20.5. The molecule has 1 aliphatic carbocycles. The Morgan fingerprint density at radius 3 is 1.96 bits per heavy atom. The standard InChI is InChI=1S/C37H39N3O9S3.2Na/c1-3-39(25-27-9-7-11-33(23-27)50(41,42)43)31-19-15-29(16-20-31)37(35-13-5-6-14-36(35)51(44,45)46)30-17-21-32(22-18-30)40(4-2)26-28-10-8-12-34(24-28)52(47,48)49-38;;/h5-24,32H,3-4,25-26H2,1-2,38H3,(H-,41,42,43,44,45,46);;/q3*+1/p+1. The van der Waals surface area contributed by atoms with Gasteiger partial charge < -0.3 is 4.90 Å². The summed E-state index contributed by atoms with van der Waals surface area (Å²) in [5, 5.41) is 0. The van der Waals surface area contributed by atoms with E-state index in [1.54, 1.807) is 42.5 Å². The molecule has 4 aromatic carbocycles. The zero-order valence-electron chi connectivity index (χ0n) is 30.5. The van der Waals surface area contributed by atoms with Crippen molar-refractivity contribution in [2.24, 2.45) is 0 Å². The molecule has 0 bridgehead atoms. The van der Waals surface area contributed by atoms with Crippen LogP contribution in [0.15, 0.2) is 142 Å². The van der Waals surface area contributed by atoms with Crippen LogP contribution in [0.5, 0.6) is 0 Å². The Morgan fingerprint density at radius 2 is 1.39 bits per heavy atom. The number of quaternary nitrogens is 1. The minimum absolute atomic E-state index is 0. The van der Waals surface area contributed by atoms with E-state index in [0.717, 1.165) is 11.3 Å². The molecule has 54 heavy (non-hydrogen) atoms. The fraction of sp³-hybridized carbons (Fsp3) is 0.189. The number of anilines is 1. The third kappa shape index (κ3) is 11.4. The monoisotopic (exact) mass is 812 g/mol. The van der Waals surface area contributed by atoms with Crippen LogP contribution in [-0.2, 0) is 56.9 Å². The van der Waals surface area contributed by atoms with Crippen molar-refractivity contribution in [1.29, 1.82) is 0 Å². The number of rotatable bonds is 14. The van der Waals surface area contributed by atoms with Gasteiger partial charge in [-0.25, -0.2) is 0 Å². The second-order valence-electron chi connectivity index (χ2n) is 12.0. The Balaban J connectivity index is 0.00000392. The van der Waals surface area contributed by atoms with Crippen LogP contribution in [0.4, 0.5) is 5.69 Å². The number of hydrogen-bond acceptors (Lipinski definition) is 8. The first-order valence-electron chi connectivity index (χ1n) is 16.3. The van der Waals surface area contributed by atoms with E-state index in [4.69, 9.17) is 0 Å². The molecule has 1 unspecified atom stereocenters. The van der Waals surface area contributed by atoms with Crippen LogP contribution in [0, 0.1) is 0 Å². The Labute approximate surface area is 362 Å². The van der Waals surface area contributed by atoms with Gasteiger partial charge in [0.25, 0.3) is 20.2 Å². The van der Waals surface area contributed by atoms with Crippen LogP contribution < -0.4 is 69.9 Å². The summed E-state index contributed by atoms with van der Waals surface area (Å²) in [5.41, 5.74) is 4.54. The molecule has 12 nitrogen and oxygen atoms in total. The SMILES string of the molecule is CCN(Cc1cccc(S(=O)(=O)O)c1)c1ccc(C(=C2C=CC(N(CC)Cc3cccc([S+]([O])(=O)O[NH3+])c3)C=C2)c2ccccc2S(=O)(=O)O)cc1.[Na+].[Na+]. The van der Waals surface area contributed by atoms with Crippen molar-refractivity contribution in [3.63, 3.8) is 0 Å². The first-order chi connectivity index (χ1) is 24.6. The van der Waals surface area contributed by atoms with Gasteiger partial charge in [0.2, 0.25) is 4.90 Å². The Hall–Kier alpha value is -2.29. The summed E-state index contributed by atoms with van der Waals surface area (Å²) in [5.74, 6) is 3.04. The molecule has 1 atom stereocenters. The largest absolute Gasteiger partial charge is 1.00 e. The first kappa shape index (κ1) is 46.1. The zero-order chi connectivity index (χ0) is 37.7.